The van der Waals surface area contributed by atoms with Gasteiger partial charge in [0.05, 0.1) is 10.4 Å². The Morgan fingerprint density at radius 1 is 1.40 bits per heavy atom. The maximum absolute atomic E-state index is 10.9. The van der Waals surface area contributed by atoms with Crippen LogP contribution in [0.4, 0.5) is 10.5 Å². The zero-order valence-corrected chi connectivity index (χ0v) is 8.50. The van der Waals surface area contributed by atoms with E-state index in [1.807, 2.05) is 0 Å². The monoisotopic (exact) mass is 223 g/mol. The molecule has 0 saturated carbocycles. The number of carbonyl (C=O) groups excluding carboxylic acids is 2. The summed E-state index contributed by atoms with van der Waals surface area (Å²) in [5, 5.41) is 3.59. The number of halogens is 1. The average molecular weight is 224 g/mol. The van der Waals surface area contributed by atoms with Gasteiger partial charge in [-0.3, -0.25) is 4.79 Å². The van der Waals surface area contributed by atoms with Crippen LogP contribution < -0.4 is 16.0 Å². The van der Waals surface area contributed by atoms with Crippen molar-refractivity contribution in [3.63, 3.8) is 0 Å². The predicted octanol–water partition coefficient (Wildman–Crippen LogP) is 0.671. The summed E-state index contributed by atoms with van der Waals surface area (Å²) < 4.78 is 0. The minimum absolute atomic E-state index is 0.215. The molecule has 0 spiro atoms. The topological polar surface area (TPSA) is 70.9 Å². The second-order valence-corrected chi connectivity index (χ2v) is 3.42. The highest BCUT2D eigenvalue weighted by Gasteiger charge is 2.10. The van der Waals surface area contributed by atoms with Crippen LogP contribution in [0.1, 0.15) is 6.92 Å². The Balaban J connectivity index is 2.60. The van der Waals surface area contributed by atoms with Crippen LogP contribution in [0.25, 0.3) is 0 Å². The second kappa shape index (κ2) is 3.43. The highest BCUT2D eigenvalue weighted by molar-refractivity contribution is 6.30. The first-order valence-electron chi connectivity index (χ1n) is 4.15. The minimum atomic E-state index is -0.577. The summed E-state index contributed by atoms with van der Waals surface area (Å²) in [7, 11) is 0. The molecule has 0 fully saturated rings. The minimum Gasteiger partial charge on any atom is -0.326 e. The molecule has 1 aliphatic heterocycles. The Bertz CT molecular complexity index is 580. The Labute approximate surface area is 89.5 Å². The number of nitrogens with one attached hydrogen (secondary N) is 1. The van der Waals surface area contributed by atoms with Gasteiger partial charge in [0.1, 0.15) is 5.36 Å². The van der Waals surface area contributed by atoms with E-state index in [1.165, 1.54) is 13.0 Å². The van der Waals surface area contributed by atoms with E-state index in [0.29, 0.717) is 21.4 Å². The Hall–Kier alpha value is -1.75. The SMILES string of the molecule is CC(=O)Nc1cc(Cl)c2c(c1)=NC(=O)N=2. The van der Waals surface area contributed by atoms with Gasteiger partial charge in [-0.05, 0) is 12.1 Å². The molecule has 0 unspecified atom stereocenters. The first-order valence-corrected chi connectivity index (χ1v) is 4.52. The molecule has 76 valence electrons. The van der Waals surface area contributed by atoms with E-state index < -0.39 is 6.03 Å². The van der Waals surface area contributed by atoms with Crippen LogP contribution in [-0.2, 0) is 4.79 Å². The van der Waals surface area contributed by atoms with E-state index in [1.54, 1.807) is 6.07 Å². The number of rotatable bonds is 1. The maximum atomic E-state index is 10.9. The molecule has 0 saturated heterocycles. The molecule has 15 heavy (non-hydrogen) atoms. The van der Waals surface area contributed by atoms with Gasteiger partial charge in [0, 0.05) is 12.6 Å². The summed E-state index contributed by atoms with van der Waals surface area (Å²) in [4.78, 5) is 29.0. The lowest BCUT2D eigenvalue weighted by Gasteiger charge is -2.00. The van der Waals surface area contributed by atoms with Crippen LogP contribution in [0, 0.1) is 0 Å². The van der Waals surface area contributed by atoms with Crippen molar-refractivity contribution in [3.8, 4) is 0 Å². The maximum Gasteiger partial charge on any atom is 0.368 e. The van der Waals surface area contributed by atoms with Crippen molar-refractivity contribution in [2.45, 2.75) is 6.92 Å². The number of hydrogen-bond donors (Lipinski definition) is 1. The van der Waals surface area contributed by atoms with Crippen molar-refractivity contribution >= 4 is 29.2 Å². The zero-order valence-electron chi connectivity index (χ0n) is 7.74. The summed E-state index contributed by atoms with van der Waals surface area (Å²) in [6, 6.07) is 2.50. The fourth-order valence-corrected chi connectivity index (χ4v) is 1.54. The smallest absolute Gasteiger partial charge is 0.326 e. The lowest BCUT2D eigenvalue weighted by Crippen LogP contribution is -2.24. The molecule has 1 aromatic rings. The fraction of sp³-hybridized carbons (Fsp3) is 0.111. The molecular formula is C9H6ClN3O2. The number of benzene rings is 1. The molecule has 0 aliphatic carbocycles. The first kappa shape index (κ1) is 9.79. The molecule has 1 aromatic carbocycles. The van der Waals surface area contributed by atoms with Gasteiger partial charge in [-0.2, -0.15) is 9.98 Å². The average Bonchev–Trinajstić information content (AvgIpc) is 2.44. The van der Waals surface area contributed by atoms with Crippen LogP contribution >= 0.6 is 11.6 Å². The fourth-order valence-electron chi connectivity index (χ4n) is 1.28. The number of urea groups is 1. The standard InChI is InChI=1S/C9H6ClN3O2/c1-4(14)11-5-2-6(10)8-7(3-5)12-9(15)13-8/h2-3H,1H3,(H,11,14). The predicted molar refractivity (Wildman–Crippen MR) is 53.5 cm³/mol. The lowest BCUT2D eigenvalue weighted by atomic mass is 10.3. The summed E-state index contributed by atoms with van der Waals surface area (Å²) in [5.41, 5.74) is 0.500. The van der Waals surface area contributed by atoms with Crippen LogP contribution in [0.15, 0.2) is 22.1 Å². The number of nitrogens with zero attached hydrogens (tertiary/aromatic N) is 2. The van der Waals surface area contributed by atoms with Gasteiger partial charge in [0.2, 0.25) is 5.91 Å². The van der Waals surface area contributed by atoms with Crippen LogP contribution in [0.2, 0.25) is 5.02 Å². The van der Waals surface area contributed by atoms with Crippen molar-refractivity contribution in [3.05, 3.63) is 27.9 Å². The molecule has 0 radical (unpaired) electrons. The van der Waals surface area contributed by atoms with Gasteiger partial charge >= 0.3 is 6.03 Å². The number of amides is 3. The molecule has 2 rings (SSSR count). The number of carbonyl (C=O) groups is 2. The molecule has 3 amide bonds. The molecule has 0 atom stereocenters. The van der Waals surface area contributed by atoms with E-state index in [4.69, 9.17) is 11.6 Å². The van der Waals surface area contributed by atoms with Gasteiger partial charge in [-0.1, -0.05) is 11.6 Å². The van der Waals surface area contributed by atoms with Gasteiger partial charge in [0.15, 0.2) is 0 Å². The second-order valence-electron chi connectivity index (χ2n) is 3.01. The van der Waals surface area contributed by atoms with Gasteiger partial charge in [-0.15, -0.1) is 0 Å². The number of hydrogen-bond acceptors (Lipinski definition) is 2. The highest BCUT2D eigenvalue weighted by atomic mass is 35.5. The molecule has 5 nitrogen and oxygen atoms in total. The van der Waals surface area contributed by atoms with E-state index >= 15 is 0 Å². The third-order valence-electron chi connectivity index (χ3n) is 1.79. The van der Waals surface area contributed by atoms with Gasteiger partial charge in [-0.25, -0.2) is 4.79 Å². The van der Waals surface area contributed by atoms with Crippen molar-refractivity contribution in [1.29, 1.82) is 0 Å². The van der Waals surface area contributed by atoms with E-state index in [0.717, 1.165) is 0 Å². The number of fused-ring (bicyclic) bond motifs is 1. The van der Waals surface area contributed by atoms with Gasteiger partial charge < -0.3 is 5.32 Å². The third kappa shape index (κ3) is 1.87. The summed E-state index contributed by atoms with van der Waals surface area (Å²) in [6.07, 6.45) is 0. The largest absolute Gasteiger partial charge is 0.368 e. The van der Waals surface area contributed by atoms with Crippen LogP contribution in [0.3, 0.4) is 0 Å². The molecule has 1 N–H and O–H groups in total. The molecular weight excluding hydrogens is 218 g/mol. The summed E-state index contributed by atoms with van der Waals surface area (Å²) in [6.45, 7) is 1.38. The van der Waals surface area contributed by atoms with Crippen molar-refractivity contribution in [2.24, 2.45) is 9.98 Å². The van der Waals surface area contributed by atoms with E-state index in [2.05, 4.69) is 15.3 Å². The van der Waals surface area contributed by atoms with Crippen molar-refractivity contribution in [2.75, 3.05) is 5.32 Å². The molecule has 1 heterocycles. The van der Waals surface area contributed by atoms with Gasteiger partial charge in [0.25, 0.3) is 0 Å². The summed E-state index contributed by atoms with van der Waals surface area (Å²) >= 11 is 5.87. The zero-order chi connectivity index (χ0) is 11.0. The van der Waals surface area contributed by atoms with Crippen LogP contribution in [0.5, 0.6) is 0 Å². The quantitative estimate of drug-likeness (QED) is 0.760. The molecule has 6 heteroatoms. The Morgan fingerprint density at radius 3 is 2.80 bits per heavy atom. The normalized spacial score (nSPS) is 12.8. The summed E-state index contributed by atoms with van der Waals surface area (Å²) in [5.74, 6) is -0.215. The molecule has 1 aliphatic rings. The lowest BCUT2D eigenvalue weighted by molar-refractivity contribution is -0.114. The number of anilines is 1. The van der Waals surface area contributed by atoms with Crippen LogP contribution in [-0.4, -0.2) is 11.9 Å². The molecule has 0 bridgehead atoms. The first-order chi connectivity index (χ1) is 7.06. The molecule has 0 aromatic heterocycles. The van der Waals surface area contributed by atoms with E-state index in [-0.39, 0.29) is 5.91 Å². The van der Waals surface area contributed by atoms with Crippen molar-refractivity contribution < 1.29 is 9.59 Å². The van der Waals surface area contributed by atoms with Crippen molar-refractivity contribution in [1.82, 2.24) is 0 Å². The Morgan fingerprint density at radius 2 is 2.13 bits per heavy atom. The van der Waals surface area contributed by atoms with E-state index in [9.17, 15) is 9.59 Å². The Kier molecular flexibility index (Phi) is 2.24. The highest BCUT2D eigenvalue weighted by Crippen LogP contribution is 2.09. The third-order valence-corrected chi connectivity index (χ3v) is 2.08.